The van der Waals surface area contributed by atoms with Crippen LogP contribution in [0.2, 0.25) is 0 Å². The summed E-state index contributed by atoms with van der Waals surface area (Å²) in [5.41, 5.74) is 2.98. The van der Waals surface area contributed by atoms with E-state index in [4.69, 9.17) is 0 Å². The van der Waals surface area contributed by atoms with E-state index in [0.29, 0.717) is 18.7 Å². The molecule has 0 radical (unpaired) electrons. The number of nitrogens with zero attached hydrogens (tertiary/aromatic N) is 1. The van der Waals surface area contributed by atoms with Gasteiger partial charge in [-0.2, -0.15) is 4.31 Å². The highest BCUT2D eigenvalue weighted by Gasteiger charge is 2.28. The van der Waals surface area contributed by atoms with Crippen molar-refractivity contribution < 1.29 is 16.8 Å². The Morgan fingerprint density at radius 3 is 2.19 bits per heavy atom. The van der Waals surface area contributed by atoms with E-state index in [1.54, 1.807) is 42.5 Å². The highest BCUT2D eigenvalue weighted by molar-refractivity contribution is 7.95. The fourth-order valence-electron chi connectivity index (χ4n) is 3.47. The zero-order valence-corrected chi connectivity index (χ0v) is 18.3. The molecule has 0 aromatic heterocycles. The summed E-state index contributed by atoms with van der Waals surface area (Å²) in [6, 6.07) is 22.7. The molecule has 1 heterocycles. The third-order valence-electron chi connectivity index (χ3n) is 5.06. The van der Waals surface area contributed by atoms with Gasteiger partial charge in [-0.05, 0) is 53.5 Å². The first-order valence-electron chi connectivity index (χ1n) is 9.76. The summed E-state index contributed by atoms with van der Waals surface area (Å²) in [7, 11) is -7.32. The van der Waals surface area contributed by atoms with Crippen molar-refractivity contribution in [1.29, 1.82) is 0 Å². The number of rotatable bonds is 6. The van der Waals surface area contributed by atoms with Gasteiger partial charge in [0.15, 0.2) is 0 Å². The van der Waals surface area contributed by atoms with E-state index >= 15 is 0 Å². The molecular formula is C23H22N2O4S2. The average molecular weight is 455 g/mol. The quantitative estimate of drug-likeness (QED) is 0.613. The fourth-order valence-corrected chi connectivity index (χ4v) is 5.77. The molecule has 0 spiro atoms. The minimum Gasteiger partial charge on any atom is -0.280 e. The maximum atomic E-state index is 12.9. The van der Waals surface area contributed by atoms with Gasteiger partial charge in [0.1, 0.15) is 0 Å². The molecule has 1 aliphatic rings. The fraction of sp³-hybridized carbons (Fsp3) is 0.130. The van der Waals surface area contributed by atoms with E-state index in [1.165, 1.54) is 10.4 Å². The van der Waals surface area contributed by atoms with Crippen molar-refractivity contribution in [2.24, 2.45) is 0 Å². The third-order valence-corrected chi connectivity index (χ3v) is 7.94. The molecule has 1 N–H and O–H groups in total. The number of nitrogens with one attached hydrogen (secondary N) is 1. The Labute approximate surface area is 183 Å². The Hall–Kier alpha value is -2.94. The number of fused-ring (bicyclic) bond motifs is 1. The van der Waals surface area contributed by atoms with Gasteiger partial charge in [0.2, 0.25) is 10.0 Å². The van der Waals surface area contributed by atoms with Gasteiger partial charge < -0.3 is 0 Å². The molecule has 0 saturated heterocycles. The summed E-state index contributed by atoms with van der Waals surface area (Å²) in [4.78, 5) is 0.251. The molecule has 0 bridgehead atoms. The summed E-state index contributed by atoms with van der Waals surface area (Å²) >= 11 is 0. The molecule has 1 aliphatic heterocycles. The zero-order chi connectivity index (χ0) is 21.9. The molecule has 4 rings (SSSR count). The molecule has 6 nitrogen and oxygen atoms in total. The number of benzene rings is 3. The molecule has 31 heavy (non-hydrogen) atoms. The van der Waals surface area contributed by atoms with Crippen LogP contribution in [-0.4, -0.2) is 27.7 Å². The maximum Gasteiger partial charge on any atom is 0.255 e. The lowest BCUT2D eigenvalue weighted by Gasteiger charge is -2.28. The van der Waals surface area contributed by atoms with Crippen molar-refractivity contribution in [1.82, 2.24) is 4.31 Å². The summed E-state index contributed by atoms with van der Waals surface area (Å²) in [6.45, 7) is 0.580. The molecule has 0 amide bonds. The number of hydrogen-bond donors (Lipinski definition) is 1. The van der Waals surface area contributed by atoms with Gasteiger partial charge in [0.05, 0.1) is 10.3 Å². The molecule has 0 aliphatic carbocycles. The van der Waals surface area contributed by atoms with Crippen LogP contribution in [0.5, 0.6) is 0 Å². The molecule has 160 valence electrons. The van der Waals surface area contributed by atoms with Crippen molar-refractivity contribution in [2.45, 2.75) is 17.9 Å². The second kappa shape index (κ2) is 8.66. The average Bonchev–Trinajstić information content (AvgIpc) is 2.78. The molecule has 3 aromatic carbocycles. The Morgan fingerprint density at radius 2 is 1.48 bits per heavy atom. The van der Waals surface area contributed by atoms with Gasteiger partial charge in [0.25, 0.3) is 10.0 Å². The molecule has 0 unspecified atom stereocenters. The first-order chi connectivity index (χ1) is 14.8. The number of sulfonamides is 2. The smallest absolute Gasteiger partial charge is 0.255 e. The van der Waals surface area contributed by atoms with E-state index in [2.05, 4.69) is 4.72 Å². The van der Waals surface area contributed by atoms with Crippen LogP contribution in [0.25, 0.3) is 6.08 Å². The van der Waals surface area contributed by atoms with Crippen molar-refractivity contribution in [3.63, 3.8) is 0 Å². The van der Waals surface area contributed by atoms with Crippen molar-refractivity contribution in [3.8, 4) is 0 Å². The van der Waals surface area contributed by atoms with Crippen LogP contribution in [0.15, 0.2) is 89.2 Å². The predicted octanol–water partition coefficient (Wildman–Crippen LogP) is 3.85. The predicted molar refractivity (Wildman–Crippen MR) is 122 cm³/mol. The Kier molecular flexibility index (Phi) is 5.95. The van der Waals surface area contributed by atoms with Crippen LogP contribution in [-0.2, 0) is 33.0 Å². The van der Waals surface area contributed by atoms with Crippen molar-refractivity contribution in [3.05, 3.63) is 101 Å². The van der Waals surface area contributed by atoms with Crippen molar-refractivity contribution in [2.75, 3.05) is 11.3 Å². The Balaban J connectivity index is 1.53. The third kappa shape index (κ3) is 5.04. The lowest BCUT2D eigenvalue weighted by Crippen LogP contribution is -2.36. The van der Waals surface area contributed by atoms with E-state index < -0.39 is 20.0 Å². The molecule has 0 atom stereocenters. The van der Waals surface area contributed by atoms with Crippen LogP contribution in [0.1, 0.15) is 16.7 Å². The maximum absolute atomic E-state index is 12.9. The van der Waals surface area contributed by atoms with E-state index in [0.717, 1.165) is 22.1 Å². The second-order valence-corrected chi connectivity index (χ2v) is 10.7. The van der Waals surface area contributed by atoms with E-state index in [-0.39, 0.29) is 11.4 Å². The van der Waals surface area contributed by atoms with E-state index in [9.17, 15) is 16.8 Å². The summed E-state index contributed by atoms with van der Waals surface area (Å²) in [6.07, 6.45) is 2.09. The van der Waals surface area contributed by atoms with Gasteiger partial charge in [-0.3, -0.25) is 4.72 Å². The molecule has 3 aromatic rings. The van der Waals surface area contributed by atoms with Gasteiger partial charge in [0, 0.05) is 18.8 Å². The standard InChI is InChI=1S/C23H22N2O4S2/c26-30(27,16-14-19-7-3-1-4-8-19)24-22-12-11-20-13-15-25(18-21(20)17-22)31(28,29)23-9-5-2-6-10-23/h1-12,14,16-17,24H,13,15,18H2/b16-14+. The summed E-state index contributed by atoms with van der Waals surface area (Å²) < 4.78 is 54.7. The molecule has 0 fully saturated rings. The summed E-state index contributed by atoms with van der Waals surface area (Å²) in [5.74, 6) is 0. The molecule has 8 heteroatoms. The van der Waals surface area contributed by atoms with Gasteiger partial charge >= 0.3 is 0 Å². The van der Waals surface area contributed by atoms with Crippen LogP contribution in [0.4, 0.5) is 5.69 Å². The zero-order valence-electron chi connectivity index (χ0n) is 16.7. The second-order valence-electron chi connectivity index (χ2n) is 7.25. The SMILES string of the molecule is O=S(=O)(/C=C/c1ccccc1)Nc1ccc2c(c1)CN(S(=O)(=O)c1ccccc1)CC2. The monoisotopic (exact) mass is 454 g/mol. The Morgan fingerprint density at radius 1 is 0.806 bits per heavy atom. The lowest BCUT2D eigenvalue weighted by molar-refractivity contribution is 0.391. The van der Waals surface area contributed by atoms with Crippen LogP contribution in [0, 0.1) is 0 Å². The minimum atomic E-state index is -3.71. The van der Waals surface area contributed by atoms with Crippen LogP contribution >= 0.6 is 0 Å². The van der Waals surface area contributed by atoms with E-state index in [1.807, 2.05) is 36.4 Å². The lowest BCUT2D eigenvalue weighted by atomic mass is 10.0. The normalized spacial score (nSPS) is 15.0. The molecular weight excluding hydrogens is 432 g/mol. The highest BCUT2D eigenvalue weighted by Crippen LogP contribution is 2.27. The first kappa shape index (κ1) is 21.3. The topological polar surface area (TPSA) is 83.6 Å². The first-order valence-corrected chi connectivity index (χ1v) is 12.8. The number of hydrogen-bond acceptors (Lipinski definition) is 4. The highest BCUT2D eigenvalue weighted by atomic mass is 32.2. The Bertz CT molecular complexity index is 1300. The van der Waals surface area contributed by atoms with Crippen LogP contribution in [0.3, 0.4) is 0 Å². The van der Waals surface area contributed by atoms with Gasteiger partial charge in [-0.1, -0.05) is 54.6 Å². The van der Waals surface area contributed by atoms with Crippen molar-refractivity contribution >= 4 is 31.8 Å². The van der Waals surface area contributed by atoms with Gasteiger partial charge in [-0.25, -0.2) is 16.8 Å². The van der Waals surface area contributed by atoms with Crippen LogP contribution < -0.4 is 4.72 Å². The minimum absolute atomic E-state index is 0.196. The summed E-state index contributed by atoms with van der Waals surface area (Å²) in [5, 5.41) is 1.12. The number of anilines is 1. The van der Waals surface area contributed by atoms with Gasteiger partial charge in [-0.15, -0.1) is 0 Å². The largest absolute Gasteiger partial charge is 0.280 e. The molecule has 0 saturated carbocycles.